The summed E-state index contributed by atoms with van der Waals surface area (Å²) in [6.45, 7) is 6.46. The van der Waals surface area contributed by atoms with Crippen LogP contribution in [0.15, 0.2) is 0 Å². The molecule has 0 atom stereocenters. The van der Waals surface area contributed by atoms with E-state index in [1.165, 1.54) is 0 Å². The van der Waals surface area contributed by atoms with E-state index in [0.717, 1.165) is 77.0 Å². The highest BCUT2D eigenvalue weighted by Gasteiger charge is 2.00. The Labute approximate surface area is 183 Å². The van der Waals surface area contributed by atoms with Crippen molar-refractivity contribution in [1.82, 2.24) is 10.6 Å². The van der Waals surface area contributed by atoms with Gasteiger partial charge in [-0.05, 0) is 50.4 Å². The minimum atomic E-state index is -0.332. The maximum Gasteiger partial charge on any atom is 0.407 e. The average Bonchev–Trinajstić information content (AvgIpc) is 2.74. The molecule has 0 aliphatic carbocycles. The standard InChI is InChI=1S/C24H40N2O4/c1-3-5-15-19-25-23(27)29-21-17-13-11-9-7-8-10-12-14-18-22-30-24(28)26-20-16-6-4-2/h3-6,11-22H2,1-2H3,(H,25,27)(H,26,28). The number of unbranched alkanes of at least 4 members (excludes halogenated alkanes) is 8. The molecule has 0 fully saturated rings. The van der Waals surface area contributed by atoms with Gasteiger partial charge in [0.25, 0.3) is 0 Å². The first-order chi connectivity index (χ1) is 14.7. The van der Waals surface area contributed by atoms with Crippen LogP contribution in [0.1, 0.15) is 90.9 Å². The Balaban J connectivity index is 3.44. The Hall–Kier alpha value is -2.34. The van der Waals surface area contributed by atoms with Gasteiger partial charge in [-0.1, -0.05) is 51.4 Å². The highest BCUT2D eigenvalue weighted by molar-refractivity contribution is 5.67. The van der Waals surface area contributed by atoms with E-state index in [0.29, 0.717) is 26.3 Å². The molecule has 0 spiro atoms. The van der Waals surface area contributed by atoms with Crippen molar-refractivity contribution in [3.8, 4) is 23.7 Å². The van der Waals surface area contributed by atoms with Crippen molar-refractivity contribution < 1.29 is 19.1 Å². The number of carbonyl (C=O) groups is 2. The summed E-state index contributed by atoms with van der Waals surface area (Å²) in [5.74, 6) is 11.7. The van der Waals surface area contributed by atoms with E-state index < -0.39 is 0 Å². The monoisotopic (exact) mass is 420 g/mol. The normalized spacial score (nSPS) is 9.53. The van der Waals surface area contributed by atoms with Gasteiger partial charge in [-0.3, -0.25) is 0 Å². The molecule has 6 heteroatoms. The fourth-order valence-corrected chi connectivity index (χ4v) is 2.41. The predicted molar refractivity (Wildman–Crippen MR) is 121 cm³/mol. The lowest BCUT2D eigenvalue weighted by atomic mass is 10.2. The summed E-state index contributed by atoms with van der Waals surface area (Å²) in [5.41, 5.74) is 0. The smallest absolute Gasteiger partial charge is 0.407 e. The molecule has 0 aliphatic heterocycles. The van der Waals surface area contributed by atoms with Gasteiger partial charge in [0.05, 0.1) is 13.2 Å². The van der Waals surface area contributed by atoms with E-state index in [9.17, 15) is 9.59 Å². The van der Waals surface area contributed by atoms with Crippen molar-refractivity contribution in [2.45, 2.75) is 90.9 Å². The summed E-state index contributed by atoms with van der Waals surface area (Å²) in [6, 6.07) is 0. The highest BCUT2D eigenvalue weighted by Crippen LogP contribution is 1.97. The number of ether oxygens (including phenoxy) is 2. The largest absolute Gasteiger partial charge is 0.450 e. The van der Waals surface area contributed by atoms with Crippen molar-refractivity contribution in [2.24, 2.45) is 0 Å². The molecule has 0 bridgehead atoms. The number of hydrogen-bond acceptors (Lipinski definition) is 4. The lowest BCUT2D eigenvalue weighted by molar-refractivity contribution is 0.143. The molecule has 2 amide bonds. The van der Waals surface area contributed by atoms with Gasteiger partial charge in [0, 0.05) is 25.9 Å². The van der Waals surface area contributed by atoms with Crippen molar-refractivity contribution in [3.63, 3.8) is 0 Å². The molecule has 170 valence electrons. The second kappa shape index (κ2) is 22.9. The van der Waals surface area contributed by atoms with Crippen LogP contribution >= 0.6 is 0 Å². The van der Waals surface area contributed by atoms with Crippen LogP contribution in [0.2, 0.25) is 0 Å². The molecule has 0 aliphatic rings. The lowest BCUT2D eigenvalue weighted by Gasteiger charge is -2.05. The minimum Gasteiger partial charge on any atom is -0.450 e. The Kier molecular flexibility index (Phi) is 21.2. The molecule has 0 saturated heterocycles. The second-order valence-electron chi connectivity index (χ2n) is 7.06. The SMILES string of the molecule is CCCCCNC(=O)OCCCCC#CC#CCCCCOC(=O)NCCCCC. The third-order valence-electron chi connectivity index (χ3n) is 4.20. The number of carbonyl (C=O) groups excluding carboxylic acids is 2. The summed E-state index contributed by atoms with van der Waals surface area (Å²) < 4.78 is 10.2. The quantitative estimate of drug-likeness (QED) is 0.267. The summed E-state index contributed by atoms with van der Waals surface area (Å²) in [6.07, 6.45) is 10.7. The van der Waals surface area contributed by atoms with Gasteiger partial charge in [-0.2, -0.15) is 0 Å². The molecule has 0 aromatic rings. The molecule has 0 aromatic heterocycles. The number of nitrogens with one attached hydrogen (secondary N) is 2. The van der Waals surface area contributed by atoms with Crippen LogP contribution in [-0.4, -0.2) is 38.5 Å². The van der Waals surface area contributed by atoms with E-state index >= 15 is 0 Å². The average molecular weight is 421 g/mol. The first-order valence-electron chi connectivity index (χ1n) is 11.5. The Bertz CT molecular complexity index is 505. The molecule has 0 radical (unpaired) electrons. The molecule has 0 saturated carbocycles. The number of rotatable bonds is 16. The molecule has 0 unspecified atom stereocenters. The number of alkyl carbamates (subject to hydrolysis) is 2. The molecule has 6 nitrogen and oxygen atoms in total. The third kappa shape index (κ3) is 22.0. The summed E-state index contributed by atoms with van der Waals surface area (Å²) in [7, 11) is 0. The number of amides is 2. The van der Waals surface area contributed by atoms with E-state index in [2.05, 4.69) is 48.2 Å². The molecule has 0 heterocycles. The fraction of sp³-hybridized carbons (Fsp3) is 0.750. The maximum absolute atomic E-state index is 11.4. The Morgan fingerprint density at radius 3 is 1.47 bits per heavy atom. The maximum atomic E-state index is 11.4. The van der Waals surface area contributed by atoms with Crippen LogP contribution in [0, 0.1) is 23.7 Å². The van der Waals surface area contributed by atoms with Crippen LogP contribution < -0.4 is 10.6 Å². The first-order valence-corrected chi connectivity index (χ1v) is 11.5. The molecule has 30 heavy (non-hydrogen) atoms. The summed E-state index contributed by atoms with van der Waals surface area (Å²) in [4.78, 5) is 22.8. The van der Waals surface area contributed by atoms with Gasteiger partial charge in [-0.15, -0.1) is 0 Å². The molecule has 2 N–H and O–H groups in total. The second-order valence-corrected chi connectivity index (χ2v) is 7.06. The third-order valence-corrected chi connectivity index (χ3v) is 4.20. The predicted octanol–water partition coefficient (Wildman–Crippen LogP) is 5.17. The van der Waals surface area contributed by atoms with Crippen molar-refractivity contribution in [1.29, 1.82) is 0 Å². The molecular weight excluding hydrogens is 380 g/mol. The topological polar surface area (TPSA) is 76.7 Å². The molecule has 0 aromatic carbocycles. The van der Waals surface area contributed by atoms with Gasteiger partial charge in [-0.25, -0.2) is 9.59 Å². The van der Waals surface area contributed by atoms with Gasteiger partial charge in [0.15, 0.2) is 0 Å². The van der Waals surface area contributed by atoms with E-state index in [4.69, 9.17) is 9.47 Å². The van der Waals surface area contributed by atoms with E-state index in [-0.39, 0.29) is 12.2 Å². The number of hydrogen-bond donors (Lipinski definition) is 2. The summed E-state index contributed by atoms with van der Waals surface area (Å²) in [5, 5.41) is 5.49. The van der Waals surface area contributed by atoms with Crippen LogP contribution in [0.4, 0.5) is 9.59 Å². The Morgan fingerprint density at radius 1 is 0.633 bits per heavy atom. The first kappa shape index (κ1) is 27.7. The summed E-state index contributed by atoms with van der Waals surface area (Å²) >= 11 is 0. The van der Waals surface area contributed by atoms with Crippen molar-refractivity contribution >= 4 is 12.2 Å². The zero-order chi connectivity index (χ0) is 22.1. The molecule has 0 rings (SSSR count). The zero-order valence-electron chi connectivity index (χ0n) is 18.9. The molecular formula is C24H40N2O4. The Morgan fingerprint density at radius 2 is 1.07 bits per heavy atom. The van der Waals surface area contributed by atoms with Gasteiger partial charge < -0.3 is 20.1 Å². The van der Waals surface area contributed by atoms with Crippen LogP contribution in [0.3, 0.4) is 0 Å². The van der Waals surface area contributed by atoms with Crippen molar-refractivity contribution in [3.05, 3.63) is 0 Å². The van der Waals surface area contributed by atoms with Gasteiger partial charge >= 0.3 is 12.2 Å². The van der Waals surface area contributed by atoms with Gasteiger partial charge in [0.2, 0.25) is 0 Å². The van der Waals surface area contributed by atoms with Crippen LogP contribution in [-0.2, 0) is 9.47 Å². The minimum absolute atomic E-state index is 0.332. The van der Waals surface area contributed by atoms with Crippen LogP contribution in [0.25, 0.3) is 0 Å². The van der Waals surface area contributed by atoms with E-state index in [1.54, 1.807) is 0 Å². The zero-order valence-corrected chi connectivity index (χ0v) is 18.9. The van der Waals surface area contributed by atoms with Crippen LogP contribution in [0.5, 0.6) is 0 Å². The van der Waals surface area contributed by atoms with E-state index in [1.807, 2.05) is 0 Å². The van der Waals surface area contributed by atoms with Crippen molar-refractivity contribution in [2.75, 3.05) is 26.3 Å². The van der Waals surface area contributed by atoms with Gasteiger partial charge in [0.1, 0.15) is 0 Å². The fourth-order valence-electron chi connectivity index (χ4n) is 2.41. The highest BCUT2D eigenvalue weighted by atomic mass is 16.6. The lowest BCUT2D eigenvalue weighted by Crippen LogP contribution is -2.25.